The van der Waals surface area contributed by atoms with E-state index in [0.717, 1.165) is 25.9 Å². The number of sulfone groups is 1. The number of rotatable bonds is 8. The standard InChI is InChI=1S/C17H22Cl3N5O2S/c1-4-25(5-2)11-10-21-16-23-14(22-15(24-16)17(18,19)20)12-6-8-13(9-7-12)28(3,26)27/h6-9H,4-5,10-11H2,1-3H3,(H,21,22,23,24). The first kappa shape index (κ1) is 23.1. The third kappa shape index (κ3) is 6.42. The molecule has 1 N–H and O–H groups in total. The van der Waals surface area contributed by atoms with Crippen molar-refractivity contribution in [1.29, 1.82) is 0 Å². The van der Waals surface area contributed by atoms with Gasteiger partial charge in [0.15, 0.2) is 21.5 Å². The maximum absolute atomic E-state index is 11.6. The van der Waals surface area contributed by atoms with Crippen molar-refractivity contribution in [3.8, 4) is 11.4 Å². The van der Waals surface area contributed by atoms with Crippen LogP contribution < -0.4 is 5.32 Å². The molecule has 0 saturated heterocycles. The van der Waals surface area contributed by atoms with Crippen molar-refractivity contribution in [1.82, 2.24) is 19.9 Å². The number of halogens is 3. The molecular weight excluding hydrogens is 445 g/mol. The number of hydrogen-bond acceptors (Lipinski definition) is 7. The molecule has 0 amide bonds. The molecule has 0 bridgehead atoms. The first-order valence-corrected chi connectivity index (χ1v) is 11.7. The Bertz CT molecular complexity index is 898. The molecule has 1 aromatic heterocycles. The minimum absolute atomic E-state index is 0.0139. The van der Waals surface area contributed by atoms with Crippen molar-refractivity contribution in [2.24, 2.45) is 0 Å². The Kier molecular flexibility index (Phi) is 7.87. The van der Waals surface area contributed by atoms with Crippen LogP contribution in [0.4, 0.5) is 5.95 Å². The molecule has 0 saturated carbocycles. The molecular formula is C17H22Cl3N5O2S. The van der Waals surface area contributed by atoms with Crippen molar-refractivity contribution in [3.05, 3.63) is 30.1 Å². The van der Waals surface area contributed by atoms with Crippen molar-refractivity contribution in [3.63, 3.8) is 0 Å². The van der Waals surface area contributed by atoms with Gasteiger partial charge >= 0.3 is 0 Å². The summed E-state index contributed by atoms with van der Waals surface area (Å²) < 4.78 is 21.5. The van der Waals surface area contributed by atoms with E-state index in [1.807, 2.05) is 0 Å². The summed E-state index contributed by atoms with van der Waals surface area (Å²) in [6.45, 7) is 7.47. The number of alkyl halides is 3. The summed E-state index contributed by atoms with van der Waals surface area (Å²) in [5, 5.41) is 3.13. The van der Waals surface area contributed by atoms with Crippen LogP contribution in [0.5, 0.6) is 0 Å². The van der Waals surface area contributed by atoms with Gasteiger partial charge in [-0.2, -0.15) is 9.97 Å². The van der Waals surface area contributed by atoms with Gasteiger partial charge in [-0.15, -0.1) is 0 Å². The molecule has 0 unspecified atom stereocenters. The van der Waals surface area contributed by atoms with E-state index < -0.39 is 13.6 Å². The van der Waals surface area contributed by atoms with Crippen molar-refractivity contribution in [2.75, 3.05) is 37.8 Å². The van der Waals surface area contributed by atoms with Crippen molar-refractivity contribution in [2.45, 2.75) is 22.5 Å². The fourth-order valence-corrected chi connectivity index (χ4v) is 3.31. The molecule has 0 aliphatic carbocycles. The molecule has 7 nitrogen and oxygen atoms in total. The van der Waals surface area contributed by atoms with Gasteiger partial charge in [-0.25, -0.2) is 13.4 Å². The van der Waals surface area contributed by atoms with Gasteiger partial charge < -0.3 is 10.2 Å². The Balaban J connectivity index is 2.33. The van der Waals surface area contributed by atoms with Gasteiger partial charge in [0.2, 0.25) is 9.74 Å². The number of hydrogen-bond donors (Lipinski definition) is 1. The largest absolute Gasteiger partial charge is 0.353 e. The second-order valence-corrected chi connectivity index (χ2v) is 10.4. The second-order valence-electron chi connectivity index (χ2n) is 6.05. The second kappa shape index (κ2) is 9.54. The van der Waals surface area contributed by atoms with Gasteiger partial charge in [0.05, 0.1) is 4.90 Å². The first-order chi connectivity index (χ1) is 13.0. The number of nitrogens with one attached hydrogen (secondary N) is 1. The molecule has 1 heterocycles. The zero-order valence-corrected chi connectivity index (χ0v) is 18.9. The Morgan fingerprint density at radius 2 is 1.64 bits per heavy atom. The lowest BCUT2D eigenvalue weighted by atomic mass is 10.2. The summed E-state index contributed by atoms with van der Waals surface area (Å²) >= 11 is 17.9. The number of likely N-dealkylation sites (N-methyl/N-ethyl adjacent to an activating group) is 1. The molecule has 0 aliphatic rings. The highest BCUT2D eigenvalue weighted by molar-refractivity contribution is 7.90. The van der Waals surface area contributed by atoms with Crippen LogP contribution in [0, 0.1) is 0 Å². The number of nitrogens with zero attached hydrogens (tertiary/aromatic N) is 4. The fourth-order valence-electron chi connectivity index (χ4n) is 2.43. The fraction of sp³-hybridized carbons (Fsp3) is 0.471. The lowest BCUT2D eigenvalue weighted by Crippen LogP contribution is -2.29. The highest BCUT2D eigenvalue weighted by Crippen LogP contribution is 2.36. The Morgan fingerprint density at radius 3 is 2.14 bits per heavy atom. The van der Waals surface area contributed by atoms with Gasteiger partial charge in [0, 0.05) is 24.9 Å². The smallest absolute Gasteiger partial charge is 0.250 e. The van der Waals surface area contributed by atoms with E-state index in [9.17, 15) is 8.42 Å². The van der Waals surface area contributed by atoms with E-state index in [-0.39, 0.29) is 22.5 Å². The van der Waals surface area contributed by atoms with Crippen LogP contribution in [0.25, 0.3) is 11.4 Å². The van der Waals surface area contributed by atoms with E-state index in [2.05, 4.69) is 39.0 Å². The van der Waals surface area contributed by atoms with Crippen LogP contribution in [0.1, 0.15) is 19.7 Å². The molecule has 0 radical (unpaired) electrons. The summed E-state index contributed by atoms with van der Waals surface area (Å²) in [6, 6.07) is 6.18. The average molecular weight is 467 g/mol. The molecule has 0 aliphatic heterocycles. The highest BCUT2D eigenvalue weighted by Gasteiger charge is 2.28. The molecule has 2 aromatic rings. The normalized spacial score (nSPS) is 12.4. The molecule has 2 rings (SSSR count). The lowest BCUT2D eigenvalue weighted by Gasteiger charge is -2.18. The number of anilines is 1. The van der Waals surface area contributed by atoms with Crippen LogP contribution in [0.15, 0.2) is 29.2 Å². The SMILES string of the molecule is CCN(CC)CCNc1nc(-c2ccc(S(C)(=O)=O)cc2)nc(C(Cl)(Cl)Cl)n1. The quantitative estimate of drug-likeness (QED) is 0.595. The number of benzene rings is 1. The monoisotopic (exact) mass is 465 g/mol. The van der Waals surface area contributed by atoms with E-state index in [1.165, 1.54) is 12.1 Å². The van der Waals surface area contributed by atoms with E-state index in [0.29, 0.717) is 12.1 Å². The summed E-state index contributed by atoms with van der Waals surface area (Å²) in [4.78, 5) is 15.2. The topological polar surface area (TPSA) is 88.1 Å². The summed E-state index contributed by atoms with van der Waals surface area (Å²) in [5.74, 6) is 0.549. The van der Waals surface area contributed by atoms with Crippen LogP contribution in [-0.4, -0.2) is 60.7 Å². The minimum atomic E-state index is -3.30. The van der Waals surface area contributed by atoms with Gasteiger partial charge in [0.1, 0.15) is 0 Å². The maximum atomic E-state index is 11.6. The average Bonchev–Trinajstić information content (AvgIpc) is 2.64. The number of aromatic nitrogens is 3. The van der Waals surface area contributed by atoms with Crippen LogP contribution >= 0.6 is 34.8 Å². The van der Waals surface area contributed by atoms with Gasteiger partial charge in [-0.1, -0.05) is 48.7 Å². The molecule has 1 aromatic carbocycles. The molecule has 154 valence electrons. The predicted octanol–water partition coefficient (Wildman–Crippen LogP) is 3.52. The molecule has 0 fully saturated rings. The maximum Gasteiger partial charge on any atom is 0.250 e. The summed E-state index contributed by atoms with van der Waals surface area (Å²) in [5.41, 5.74) is 0.581. The third-order valence-corrected chi connectivity index (χ3v) is 5.67. The van der Waals surface area contributed by atoms with Gasteiger partial charge in [-0.3, -0.25) is 0 Å². The van der Waals surface area contributed by atoms with Crippen LogP contribution in [0.2, 0.25) is 0 Å². The summed E-state index contributed by atoms with van der Waals surface area (Å²) in [7, 11) is -3.30. The van der Waals surface area contributed by atoms with Gasteiger partial charge in [0.25, 0.3) is 0 Å². The molecule has 0 spiro atoms. The van der Waals surface area contributed by atoms with Gasteiger partial charge in [-0.05, 0) is 37.4 Å². The Morgan fingerprint density at radius 1 is 1.04 bits per heavy atom. The van der Waals surface area contributed by atoms with Crippen molar-refractivity contribution < 1.29 is 8.42 Å². The van der Waals surface area contributed by atoms with E-state index >= 15 is 0 Å². The molecule has 11 heteroatoms. The zero-order chi connectivity index (χ0) is 20.9. The first-order valence-electron chi connectivity index (χ1n) is 8.64. The van der Waals surface area contributed by atoms with Crippen LogP contribution in [0.3, 0.4) is 0 Å². The predicted molar refractivity (Wildman–Crippen MR) is 114 cm³/mol. The summed E-state index contributed by atoms with van der Waals surface area (Å²) in [6.07, 6.45) is 1.14. The zero-order valence-electron chi connectivity index (χ0n) is 15.8. The van der Waals surface area contributed by atoms with E-state index in [4.69, 9.17) is 34.8 Å². The minimum Gasteiger partial charge on any atom is -0.353 e. The molecule has 28 heavy (non-hydrogen) atoms. The third-order valence-electron chi connectivity index (χ3n) is 4.04. The Hall–Kier alpha value is -1.19. The molecule has 0 atom stereocenters. The Labute approximate surface area is 180 Å². The van der Waals surface area contributed by atoms with Crippen LogP contribution in [-0.2, 0) is 13.6 Å². The highest BCUT2D eigenvalue weighted by atomic mass is 35.6. The van der Waals surface area contributed by atoms with Crippen molar-refractivity contribution >= 4 is 50.6 Å². The lowest BCUT2D eigenvalue weighted by molar-refractivity contribution is 0.316. The van der Waals surface area contributed by atoms with E-state index in [1.54, 1.807) is 12.1 Å².